The summed E-state index contributed by atoms with van der Waals surface area (Å²) >= 11 is 0. The number of methoxy groups -OCH3 is 1. The molecule has 0 aliphatic heterocycles. The number of hydrogen-bond donors (Lipinski definition) is 0. The lowest BCUT2D eigenvalue weighted by molar-refractivity contribution is 0.414. The molecule has 0 bridgehead atoms. The smallest absolute Gasteiger partial charge is 0.201 e. The van der Waals surface area contributed by atoms with Gasteiger partial charge in [-0.25, -0.2) is 0 Å². The van der Waals surface area contributed by atoms with Crippen molar-refractivity contribution in [2.45, 2.75) is 6.92 Å². The molecule has 1 heterocycles. The molecule has 22 heavy (non-hydrogen) atoms. The molecule has 0 N–H and O–H groups in total. The summed E-state index contributed by atoms with van der Waals surface area (Å²) in [4.78, 5) is 12.9. The fourth-order valence-electron chi connectivity index (χ4n) is 2.90. The Labute approximate surface area is 126 Å². The molecule has 4 aromatic rings. The van der Waals surface area contributed by atoms with Crippen molar-refractivity contribution in [1.82, 2.24) is 0 Å². The van der Waals surface area contributed by atoms with E-state index in [1.165, 1.54) is 5.56 Å². The van der Waals surface area contributed by atoms with E-state index < -0.39 is 0 Å². The first kappa shape index (κ1) is 12.9. The zero-order valence-electron chi connectivity index (χ0n) is 12.3. The monoisotopic (exact) mass is 290 g/mol. The van der Waals surface area contributed by atoms with E-state index in [-0.39, 0.29) is 5.43 Å². The van der Waals surface area contributed by atoms with Gasteiger partial charge in [-0.1, -0.05) is 29.8 Å². The van der Waals surface area contributed by atoms with Crippen LogP contribution in [0.5, 0.6) is 5.75 Å². The van der Waals surface area contributed by atoms with Crippen molar-refractivity contribution >= 4 is 32.7 Å². The Morgan fingerprint density at radius 2 is 1.73 bits per heavy atom. The van der Waals surface area contributed by atoms with Crippen molar-refractivity contribution < 1.29 is 9.15 Å². The maximum atomic E-state index is 12.9. The summed E-state index contributed by atoms with van der Waals surface area (Å²) in [5, 5.41) is 3.18. The summed E-state index contributed by atoms with van der Waals surface area (Å²) in [5.74, 6) is 0.673. The van der Waals surface area contributed by atoms with E-state index in [9.17, 15) is 4.79 Å². The van der Waals surface area contributed by atoms with Crippen LogP contribution in [0.1, 0.15) is 5.56 Å². The number of hydrogen-bond acceptors (Lipinski definition) is 3. The SMILES string of the molecule is COc1ccc2c(=O)c3c(ccc4cc(C)ccc43)oc2c1. The predicted octanol–water partition coefficient (Wildman–Crippen LogP) is 4.42. The van der Waals surface area contributed by atoms with Crippen LogP contribution in [0.4, 0.5) is 0 Å². The molecule has 0 atom stereocenters. The van der Waals surface area contributed by atoms with Crippen molar-refractivity contribution in [3.05, 3.63) is 64.3 Å². The highest BCUT2D eigenvalue weighted by Gasteiger charge is 2.11. The molecule has 3 heteroatoms. The Morgan fingerprint density at radius 1 is 0.909 bits per heavy atom. The Morgan fingerprint density at radius 3 is 2.55 bits per heavy atom. The minimum absolute atomic E-state index is 0.00615. The number of rotatable bonds is 1. The van der Waals surface area contributed by atoms with Crippen LogP contribution in [0.15, 0.2) is 57.7 Å². The van der Waals surface area contributed by atoms with Gasteiger partial charge in [0.05, 0.1) is 17.9 Å². The van der Waals surface area contributed by atoms with Crippen molar-refractivity contribution in [3.63, 3.8) is 0 Å². The van der Waals surface area contributed by atoms with Gasteiger partial charge in [0.25, 0.3) is 0 Å². The lowest BCUT2D eigenvalue weighted by Crippen LogP contribution is -2.03. The molecule has 0 aliphatic carbocycles. The average molecular weight is 290 g/mol. The molecule has 1 aromatic heterocycles. The lowest BCUT2D eigenvalue weighted by atomic mass is 10.0. The first-order chi connectivity index (χ1) is 10.7. The molecule has 4 rings (SSSR count). The summed E-state index contributed by atoms with van der Waals surface area (Å²) in [6.45, 7) is 2.04. The summed E-state index contributed by atoms with van der Waals surface area (Å²) in [5.41, 5.74) is 2.31. The van der Waals surface area contributed by atoms with Gasteiger partial charge in [0.1, 0.15) is 16.9 Å². The molecular weight excluding hydrogens is 276 g/mol. The molecule has 0 spiro atoms. The fraction of sp³-hybridized carbons (Fsp3) is 0.105. The van der Waals surface area contributed by atoms with Crippen LogP contribution >= 0.6 is 0 Å². The van der Waals surface area contributed by atoms with Crippen LogP contribution in [-0.4, -0.2) is 7.11 Å². The molecule has 0 unspecified atom stereocenters. The van der Waals surface area contributed by atoms with E-state index in [1.807, 2.05) is 31.2 Å². The Hall–Kier alpha value is -2.81. The van der Waals surface area contributed by atoms with Gasteiger partial charge >= 0.3 is 0 Å². The molecule has 3 nitrogen and oxygen atoms in total. The zero-order chi connectivity index (χ0) is 15.3. The van der Waals surface area contributed by atoms with Crippen LogP contribution in [0.25, 0.3) is 32.7 Å². The van der Waals surface area contributed by atoms with Crippen LogP contribution in [0.3, 0.4) is 0 Å². The van der Waals surface area contributed by atoms with Gasteiger partial charge in [-0.05, 0) is 35.9 Å². The Balaban J connectivity index is 2.21. The minimum Gasteiger partial charge on any atom is -0.497 e. The van der Waals surface area contributed by atoms with Crippen LogP contribution < -0.4 is 10.2 Å². The topological polar surface area (TPSA) is 39.4 Å². The highest BCUT2D eigenvalue weighted by molar-refractivity contribution is 6.08. The van der Waals surface area contributed by atoms with E-state index in [0.29, 0.717) is 27.7 Å². The molecular formula is C19H14O3. The second-order valence-electron chi connectivity index (χ2n) is 5.46. The van der Waals surface area contributed by atoms with Gasteiger partial charge in [0.15, 0.2) is 0 Å². The number of fused-ring (bicyclic) bond motifs is 4. The molecule has 0 saturated carbocycles. The van der Waals surface area contributed by atoms with Crippen molar-refractivity contribution in [1.29, 1.82) is 0 Å². The standard InChI is InChI=1S/C19H14O3/c1-11-3-6-14-12(9-11)4-8-16-18(14)19(20)15-7-5-13(21-2)10-17(15)22-16/h3-10H,1-2H3. The van der Waals surface area contributed by atoms with E-state index in [1.54, 1.807) is 25.3 Å². The number of benzene rings is 3. The van der Waals surface area contributed by atoms with Gasteiger partial charge in [0, 0.05) is 6.07 Å². The highest BCUT2D eigenvalue weighted by atomic mass is 16.5. The van der Waals surface area contributed by atoms with Gasteiger partial charge in [0.2, 0.25) is 5.43 Å². The second kappa shape index (κ2) is 4.60. The fourth-order valence-corrected chi connectivity index (χ4v) is 2.90. The third-order valence-electron chi connectivity index (χ3n) is 4.02. The van der Waals surface area contributed by atoms with Gasteiger partial charge in [-0.2, -0.15) is 0 Å². The maximum Gasteiger partial charge on any atom is 0.201 e. The normalized spacial score (nSPS) is 11.4. The summed E-state index contributed by atoms with van der Waals surface area (Å²) in [6, 6.07) is 15.2. The van der Waals surface area contributed by atoms with E-state index in [0.717, 1.165) is 10.8 Å². The second-order valence-corrected chi connectivity index (χ2v) is 5.46. The molecule has 3 aromatic carbocycles. The number of ether oxygens (including phenoxy) is 1. The first-order valence-electron chi connectivity index (χ1n) is 7.11. The number of aryl methyl sites for hydroxylation is 1. The predicted molar refractivity (Wildman–Crippen MR) is 88.8 cm³/mol. The largest absolute Gasteiger partial charge is 0.497 e. The molecule has 0 saturated heterocycles. The van der Waals surface area contributed by atoms with Crippen LogP contribution in [-0.2, 0) is 0 Å². The summed E-state index contributed by atoms with van der Waals surface area (Å²) < 4.78 is 11.1. The van der Waals surface area contributed by atoms with Gasteiger partial charge in [-0.15, -0.1) is 0 Å². The Bertz CT molecular complexity index is 1090. The summed E-state index contributed by atoms with van der Waals surface area (Å²) in [6.07, 6.45) is 0. The van der Waals surface area contributed by atoms with Crippen molar-refractivity contribution in [3.8, 4) is 5.75 Å². The highest BCUT2D eigenvalue weighted by Crippen LogP contribution is 2.28. The Kier molecular flexibility index (Phi) is 2.70. The van der Waals surface area contributed by atoms with Gasteiger partial charge < -0.3 is 9.15 Å². The van der Waals surface area contributed by atoms with Crippen molar-refractivity contribution in [2.75, 3.05) is 7.11 Å². The molecule has 0 fully saturated rings. The van der Waals surface area contributed by atoms with Crippen LogP contribution in [0, 0.1) is 6.92 Å². The summed E-state index contributed by atoms with van der Waals surface area (Å²) in [7, 11) is 1.59. The van der Waals surface area contributed by atoms with Crippen molar-refractivity contribution in [2.24, 2.45) is 0 Å². The average Bonchev–Trinajstić information content (AvgIpc) is 2.54. The molecule has 0 radical (unpaired) electrons. The van der Waals surface area contributed by atoms with E-state index >= 15 is 0 Å². The maximum absolute atomic E-state index is 12.9. The minimum atomic E-state index is -0.00615. The molecule has 108 valence electrons. The third kappa shape index (κ3) is 1.79. The van der Waals surface area contributed by atoms with E-state index in [4.69, 9.17) is 9.15 Å². The van der Waals surface area contributed by atoms with Crippen LogP contribution in [0.2, 0.25) is 0 Å². The van der Waals surface area contributed by atoms with Gasteiger partial charge in [-0.3, -0.25) is 4.79 Å². The zero-order valence-corrected chi connectivity index (χ0v) is 12.3. The lowest BCUT2D eigenvalue weighted by Gasteiger charge is -2.07. The third-order valence-corrected chi connectivity index (χ3v) is 4.02. The van der Waals surface area contributed by atoms with E-state index in [2.05, 4.69) is 6.07 Å². The first-order valence-corrected chi connectivity index (χ1v) is 7.11. The quantitative estimate of drug-likeness (QED) is 0.385. The molecule has 0 amide bonds. The molecule has 0 aliphatic rings.